The highest BCUT2D eigenvalue weighted by Gasteiger charge is 2.26. The first kappa shape index (κ1) is 11.7. The molecular weight excluding hydrogens is 264 g/mol. The molecule has 2 unspecified atom stereocenters. The van der Waals surface area contributed by atoms with Gasteiger partial charge >= 0.3 is 0 Å². The Balaban J connectivity index is 3.10. The molecule has 0 N–H and O–H groups in total. The van der Waals surface area contributed by atoms with Gasteiger partial charge in [-0.25, -0.2) is 8.42 Å². The van der Waals surface area contributed by atoms with Gasteiger partial charge in [0.2, 0.25) is 0 Å². The largest absolute Gasteiger partial charge is 0.223 e. The van der Waals surface area contributed by atoms with Crippen LogP contribution in [-0.4, -0.2) is 18.5 Å². The van der Waals surface area contributed by atoms with E-state index >= 15 is 0 Å². The molecule has 2 nitrogen and oxygen atoms in total. The number of hydrogen-bond donors (Lipinski definition) is 0. The predicted octanol–water partition coefficient (Wildman–Crippen LogP) is 2.63. The van der Waals surface area contributed by atoms with Gasteiger partial charge in [0, 0.05) is 4.83 Å². The van der Waals surface area contributed by atoms with Gasteiger partial charge in [-0.3, -0.25) is 0 Å². The first-order valence-corrected chi connectivity index (χ1v) is 6.85. The minimum absolute atomic E-state index is 0.0484. The minimum atomic E-state index is -3.19. The van der Waals surface area contributed by atoms with Crippen LogP contribution < -0.4 is 0 Å². The Bertz CT molecular complexity index is 384. The maximum Gasteiger partial charge on any atom is 0.182 e. The molecule has 0 saturated heterocycles. The molecule has 0 bridgehead atoms. The lowest BCUT2D eigenvalue weighted by molar-refractivity contribution is 0.583. The smallest absolute Gasteiger partial charge is 0.182 e. The molecule has 4 heteroatoms. The number of sulfone groups is 1. The van der Waals surface area contributed by atoms with Gasteiger partial charge < -0.3 is 0 Å². The van der Waals surface area contributed by atoms with Crippen molar-refractivity contribution >= 4 is 25.8 Å². The van der Waals surface area contributed by atoms with E-state index in [1.807, 2.05) is 6.92 Å². The third-order valence-corrected chi connectivity index (χ3v) is 5.67. The summed E-state index contributed by atoms with van der Waals surface area (Å²) in [6, 6.07) is 8.53. The molecule has 0 saturated carbocycles. The van der Waals surface area contributed by atoms with Crippen molar-refractivity contribution in [2.45, 2.75) is 28.8 Å². The molecular formula is C10H13BrO2S. The summed E-state index contributed by atoms with van der Waals surface area (Å²) in [5.74, 6) is 0. The molecule has 0 aliphatic heterocycles. The summed E-state index contributed by atoms with van der Waals surface area (Å²) in [6.45, 7) is 3.55. The molecule has 0 amide bonds. The quantitative estimate of drug-likeness (QED) is 0.796. The van der Waals surface area contributed by atoms with Crippen LogP contribution in [0.3, 0.4) is 0 Å². The van der Waals surface area contributed by atoms with E-state index < -0.39 is 15.1 Å². The Kier molecular flexibility index (Phi) is 3.72. The topological polar surface area (TPSA) is 34.1 Å². The van der Waals surface area contributed by atoms with E-state index in [2.05, 4.69) is 15.9 Å². The Hall–Kier alpha value is -0.350. The Morgan fingerprint density at radius 2 is 1.64 bits per heavy atom. The zero-order valence-electron chi connectivity index (χ0n) is 8.14. The van der Waals surface area contributed by atoms with E-state index in [0.29, 0.717) is 4.90 Å². The third kappa shape index (κ3) is 2.36. The first-order valence-electron chi connectivity index (χ1n) is 4.39. The van der Waals surface area contributed by atoms with Crippen molar-refractivity contribution in [3.63, 3.8) is 0 Å². The molecule has 0 aliphatic carbocycles. The van der Waals surface area contributed by atoms with Gasteiger partial charge in [0.05, 0.1) is 10.1 Å². The highest BCUT2D eigenvalue weighted by Crippen LogP contribution is 2.21. The van der Waals surface area contributed by atoms with Gasteiger partial charge in [0.1, 0.15) is 0 Å². The van der Waals surface area contributed by atoms with Crippen molar-refractivity contribution in [3.05, 3.63) is 30.3 Å². The second-order valence-electron chi connectivity index (χ2n) is 3.24. The summed E-state index contributed by atoms with van der Waals surface area (Å²) >= 11 is 3.29. The fraction of sp³-hybridized carbons (Fsp3) is 0.400. The molecule has 1 rings (SSSR count). The summed E-state index contributed by atoms with van der Waals surface area (Å²) in [7, 11) is -3.19. The zero-order valence-corrected chi connectivity index (χ0v) is 10.5. The molecule has 0 spiro atoms. The van der Waals surface area contributed by atoms with E-state index in [1.165, 1.54) is 0 Å². The van der Waals surface area contributed by atoms with E-state index in [0.717, 1.165) is 0 Å². The van der Waals surface area contributed by atoms with Crippen LogP contribution in [0.25, 0.3) is 0 Å². The Morgan fingerprint density at radius 1 is 1.14 bits per heavy atom. The highest BCUT2D eigenvalue weighted by molar-refractivity contribution is 9.09. The molecule has 1 aromatic rings. The van der Waals surface area contributed by atoms with Crippen LogP contribution in [0.15, 0.2) is 35.2 Å². The fourth-order valence-corrected chi connectivity index (χ4v) is 3.38. The number of alkyl halides is 1. The van der Waals surface area contributed by atoms with Crippen molar-refractivity contribution in [3.8, 4) is 0 Å². The highest BCUT2D eigenvalue weighted by atomic mass is 79.9. The van der Waals surface area contributed by atoms with E-state index in [4.69, 9.17) is 0 Å². The van der Waals surface area contributed by atoms with Crippen LogP contribution >= 0.6 is 15.9 Å². The average Bonchev–Trinajstić information content (AvgIpc) is 2.18. The standard InChI is InChI=1S/C10H13BrO2S/c1-8(11)9(2)14(12,13)10-6-4-3-5-7-10/h3-9H,1-2H3. The fourth-order valence-electron chi connectivity index (χ4n) is 1.07. The van der Waals surface area contributed by atoms with Gasteiger partial charge in [0.25, 0.3) is 0 Å². The van der Waals surface area contributed by atoms with E-state index in [9.17, 15) is 8.42 Å². The lowest BCUT2D eigenvalue weighted by atomic mass is 10.4. The number of hydrogen-bond acceptors (Lipinski definition) is 2. The molecule has 0 radical (unpaired) electrons. The molecule has 2 atom stereocenters. The number of halogens is 1. The van der Waals surface area contributed by atoms with Crippen LogP contribution in [-0.2, 0) is 9.84 Å². The van der Waals surface area contributed by atoms with Gasteiger partial charge in [0.15, 0.2) is 9.84 Å². The molecule has 14 heavy (non-hydrogen) atoms. The van der Waals surface area contributed by atoms with Crippen LogP contribution in [0.2, 0.25) is 0 Å². The van der Waals surface area contributed by atoms with Crippen molar-refractivity contribution in [1.82, 2.24) is 0 Å². The SMILES string of the molecule is CC(Br)C(C)S(=O)(=O)c1ccccc1. The van der Waals surface area contributed by atoms with Crippen LogP contribution in [0.4, 0.5) is 0 Å². The summed E-state index contributed by atoms with van der Waals surface area (Å²) in [4.78, 5) is 0.339. The Labute approximate surface area is 93.4 Å². The van der Waals surface area contributed by atoms with Crippen molar-refractivity contribution in [1.29, 1.82) is 0 Å². The normalized spacial score (nSPS) is 16.2. The first-order chi connectivity index (χ1) is 6.46. The molecule has 0 heterocycles. The number of benzene rings is 1. The monoisotopic (exact) mass is 276 g/mol. The summed E-state index contributed by atoms with van der Waals surface area (Å²) in [5.41, 5.74) is 0. The second kappa shape index (κ2) is 4.45. The van der Waals surface area contributed by atoms with E-state index in [1.54, 1.807) is 37.3 Å². The number of rotatable bonds is 3. The molecule has 0 aromatic heterocycles. The molecule has 0 aliphatic rings. The lowest BCUT2D eigenvalue weighted by Crippen LogP contribution is -2.25. The van der Waals surface area contributed by atoms with Crippen LogP contribution in [0, 0.1) is 0 Å². The second-order valence-corrected chi connectivity index (χ2v) is 6.99. The molecule has 1 aromatic carbocycles. The third-order valence-electron chi connectivity index (χ3n) is 2.21. The summed E-state index contributed by atoms with van der Waals surface area (Å²) < 4.78 is 23.9. The zero-order chi connectivity index (χ0) is 10.8. The van der Waals surface area contributed by atoms with Crippen molar-refractivity contribution in [2.24, 2.45) is 0 Å². The van der Waals surface area contributed by atoms with Gasteiger partial charge in [-0.15, -0.1) is 0 Å². The minimum Gasteiger partial charge on any atom is -0.223 e. The average molecular weight is 277 g/mol. The lowest BCUT2D eigenvalue weighted by Gasteiger charge is -2.14. The molecule has 78 valence electrons. The predicted molar refractivity (Wildman–Crippen MR) is 61.5 cm³/mol. The van der Waals surface area contributed by atoms with E-state index in [-0.39, 0.29) is 4.83 Å². The van der Waals surface area contributed by atoms with Crippen molar-refractivity contribution in [2.75, 3.05) is 0 Å². The van der Waals surface area contributed by atoms with Gasteiger partial charge in [-0.1, -0.05) is 41.1 Å². The van der Waals surface area contributed by atoms with Crippen LogP contribution in [0.1, 0.15) is 13.8 Å². The Morgan fingerprint density at radius 3 is 2.07 bits per heavy atom. The summed E-state index contributed by atoms with van der Waals surface area (Å²) in [5, 5.41) is -0.412. The van der Waals surface area contributed by atoms with Gasteiger partial charge in [-0.2, -0.15) is 0 Å². The van der Waals surface area contributed by atoms with Crippen molar-refractivity contribution < 1.29 is 8.42 Å². The maximum atomic E-state index is 11.9. The summed E-state index contributed by atoms with van der Waals surface area (Å²) in [6.07, 6.45) is 0. The molecule has 0 fully saturated rings. The van der Waals surface area contributed by atoms with Gasteiger partial charge in [-0.05, 0) is 19.1 Å². The van der Waals surface area contributed by atoms with Crippen LogP contribution in [0.5, 0.6) is 0 Å². The maximum absolute atomic E-state index is 11.9.